The number of amides is 3. The van der Waals surface area contributed by atoms with E-state index in [0.717, 1.165) is 23.4 Å². The molecule has 1 aromatic carbocycles. The number of hydrogen-bond donors (Lipinski definition) is 2. The molecule has 144 valence electrons. The van der Waals surface area contributed by atoms with Gasteiger partial charge in [0, 0.05) is 24.5 Å². The van der Waals surface area contributed by atoms with Crippen molar-refractivity contribution in [2.24, 2.45) is 0 Å². The number of carbonyl (C=O) groups is 3. The molecule has 1 aromatic heterocycles. The zero-order valence-corrected chi connectivity index (χ0v) is 15.9. The highest BCUT2D eigenvalue weighted by atomic mass is 16.5. The van der Waals surface area contributed by atoms with Crippen LogP contribution in [0.2, 0.25) is 0 Å². The number of imide groups is 1. The zero-order chi connectivity index (χ0) is 19.8. The average Bonchev–Trinajstić information content (AvgIpc) is 2.93. The highest BCUT2D eigenvalue weighted by molar-refractivity contribution is 5.97. The third-order valence-corrected chi connectivity index (χ3v) is 4.10. The lowest BCUT2D eigenvalue weighted by Gasteiger charge is -2.10. The Morgan fingerprint density at radius 1 is 1.11 bits per heavy atom. The molecular formula is C20H25N3O4. The number of nitrogens with one attached hydrogen (secondary N) is 2. The van der Waals surface area contributed by atoms with Crippen LogP contribution in [0.3, 0.4) is 0 Å². The van der Waals surface area contributed by atoms with Crippen LogP contribution in [0.1, 0.15) is 40.7 Å². The van der Waals surface area contributed by atoms with Gasteiger partial charge in [0.15, 0.2) is 6.61 Å². The number of rotatable bonds is 7. The van der Waals surface area contributed by atoms with Gasteiger partial charge >= 0.3 is 12.0 Å². The Hall–Kier alpha value is -3.09. The summed E-state index contributed by atoms with van der Waals surface area (Å²) in [5, 5.41) is 4.62. The minimum atomic E-state index is -0.671. The van der Waals surface area contributed by atoms with Gasteiger partial charge in [-0.1, -0.05) is 37.3 Å². The number of hydrogen-bond acceptors (Lipinski definition) is 4. The average molecular weight is 371 g/mol. The Labute approximate surface area is 158 Å². The first-order chi connectivity index (χ1) is 12.9. The molecule has 2 N–H and O–H groups in total. The number of nitrogens with zero attached hydrogens (tertiary/aromatic N) is 1. The molecular weight excluding hydrogens is 346 g/mol. The summed E-state index contributed by atoms with van der Waals surface area (Å²) in [5.74, 6) is -1.26. The molecule has 0 saturated heterocycles. The summed E-state index contributed by atoms with van der Waals surface area (Å²) < 4.78 is 7.07. The van der Waals surface area contributed by atoms with E-state index in [9.17, 15) is 14.4 Å². The van der Waals surface area contributed by atoms with Crippen LogP contribution in [0.15, 0.2) is 36.4 Å². The summed E-state index contributed by atoms with van der Waals surface area (Å²) in [6.45, 7) is 6.25. The molecule has 0 aliphatic heterocycles. The largest absolute Gasteiger partial charge is 0.452 e. The van der Waals surface area contributed by atoms with Gasteiger partial charge in [0.1, 0.15) is 0 Å². The van der Waals surface area contributed by atoms with Crippen LogP contribution in [0.4, 0.5) is 4.79 Å². The normalized spacial score (nSPS) is 10.3. The molecule has 27 heavy (non-hydrogen) atoms. The molecule has 0 aliphatic rings. The molecule has 2 aromatic rings. The van der Waals surface area contributed by atoms with Crippen LogP contribution < -0.4 is 10.6 Å². The molecule has 0 saturated carbocycles. The van der Waals surface area contributed by atoms with Crippen molar-refractivity contribution in [1.82, 2.24) is 15.2 Å². The van der Waals surface area contributed by atoms with Crippen LogP contribution in [-0.2, 0) is 16.1 Å². The molecule has 0 unspecified atom stereocenters. The second-order valence-corrected chi connectivity index (χ2v) is 6.24. The number of carbonyl (C=O) groups excluding carboxylic acids is 3. The number of aryl methyl sites for hydroxylation is 1. The van der Waals surface area contributed by atoms with E-state index in [1.54, 1.807) is 6.07 Å². The van der Waals surface area contributed by atoms with E-state index >= 15 is 0 Å². The summed E-state index contributed by atoms with van der Waals surface area (Å²) in [4.78, 5) is 35.4. The first-order valence-electron chi connectivity index (χ1n) is 8.87. The predicted octanol–water partition coefficient (Wildman–Crippen LogP) is 2.55. The molecule has 3 amide bonds. The zero-order valence-electron chi connectivity index (χ0n) is 15.9. The monoisotopic (exact) mass is 371 g/mol. The van der Waals surface area contributed by atoms with Gasteiger partial charge in [-0.15, -0.1) is 0 Å². The number of esters is 1. The van der Waals surface area contributed by atoms with Crippen molar-refractivity contribution in [3.05, 3.63) is 58.9 Å². The lowest BCUT2D eigenvalue weighted by Crippen LogP contribution is -2.41. The molecule has 0 bridgehead atoms. The van der Waals surface area contributed by atoms with Gasteiger partial charge in [-0.05, 0) is 31.9 Å². The highest BCUT2D eigenvalue weighted by Gasteiger charge is 2.18. The van der Waals surface area contributed by atoms with Crippen LogP contribution in [0, 0.1) is 13.8 Å². The first-order valence-corrected chi connectivity index (χ1v) is 8.87. The fourth-order valence-corrected chi connectivity index (χ4v) is 2.67. The molecule has 0 radical (unpaired) electrons. The maximum Gasteiger partial charge on any atom is 0.340 e. The van der Waals surface area contributed by atoms with Crippen molar-refractivity contribution in [2.45, 2.75) is 33.7 Å². The predicted molar refractivity (Wildman–Crippen MR) is 102 cm³/mol. The van der Waals surface area contributed by atoms with Crippen LogP contribution >= 0.6 is 0 Å². The van der Waals surface area contributed by atoms with Crippen LogP contribution in [-0.4, -0.2) is 35.6 Å². The quantitative estimate of drug-likeness (QED) is 0.732. The van der Waals surface area contributed by atoms with Crippen molar-refractivity contribution >= 4 is 17.9 Å². The molecule has 0 spiro atoms. The van der Waals surface area contributed by atoms with E-state index in [2.05, 4.69) is 10.6 Å². The maximum absolute atomic E-state index is 12.3. The number of ether oxygens (including phenoxy) is 1. The third kappa shape index (κ3) is 5.70. The van der Waals surface area contributed by atoms with Gasteiger partial charge in [0.25, 0.3) is 5.91 Å². The van der Waals surface area contributed by atoms with Crippen molar-refractivity contribution < 1.29 is 19.1 Å². The molecule has 7 heteroatoms. The van der Waals surface area contributed by atoms with E-state index in [1.807, 2.05) is 55.7 Å². The van der Waals surface area contributed by atoms with Gasteiger partial charge < -0.3 is 14.6 Å². The second-order valence-electron chi connectivity index (χ2n) is 6.24. The smallest absolute Gasteiger partial charge is 0.340 e. The van der Waals surface area contributed by atoms with Crippen LogP contribution in [0.25, 0.3) is 0 Å². The maximum atomic E-state index is 12.3. The summed E-state index contributed by atoms with van der Waals surface area (Å²) in [6, 6.07) is 11.1. The SMILES string of the molecule is CCCNC(=O)NC(=O)COC(=O)c1cc(C)n(Cc2ccccc2)c1C. The van der Waals surface area contributed by atoms with Crippen LogP contribution in [0.5, 0.6) is 0 Å². The van der Waals surface area contributed by atoms with E-state index in [1.165, 1.54) is 0 Å². The van der Waals surface area contributed by atoms with E-state index < -0.39 is 24.5 Å². The molecule has 0 atom stereocenters. The molecule has 2 rings (SSSR count). The molecule has 7 nitrogen and oxygen atoms in total. The summed E-state index contributed by atoms with van der Waals surface area (Å²) in [6.07, 6.45) is 0.759. The van der Waals surface area contributed by atoms with Gasteiger partial charge in [-0.3, -0.25) is 10.1 Å². The standard InChI is InChI=1S/C20H25N3O4/c1-4-10-21-20(26)22-18(24)13-27-19(25)17-11-14(2)23(15(17)3)12-16-8-6-5-7-9-16/h5-9,11H,4,10,12-13H2,1-3H3,(H2,21,22,24,26). The third-order valence-electron chi connectivity index (χ3n) is 4.10. The number of benzene rings is 1. The van der Waals surface area contributed by atoms with E-state index in [-0.39, 0.29) is 0 Å². The summed E-state index contributed by atoms with van der Waals surface area (Å²) in [7, 11) is 0. The Balaban J connectivity index is 1.96. The summed E-state index contributed by atoms with van der Waals surface area (Å²) >= 11 is 0. The Bertz CT molecular complexity index is 812. The Kier molecular flexibility index (Phi) is 7.16. The second kappa shape index (κ2) is 9.56. The van der Waals surface area contributed by atoms with Crippen molar-refractivity contribution in [3.63, 3.8) is 0 Å². The summed E-state index contributed by atoms with van der Waals surface area (Å²) in [5.41, 5.74) is 3.22. The van der Waals surface area contributed by atoms with Gasteiger partial charge in [-0.2, -0.15) is 0 Å². The molecule has 1 heterocycles. The Morgan fingerprint density at radius 2 is 1.81 bits per heavy atom. The topological polar surface area (TPSA) is 89.4 Å². The van der Waals surface area contributed by atoms with Crippen molar-refractivity contribution in [3.8, 4) is 0 Å². The van der Waals surface area contributed by atoms with Gasteiger partial charge in [-0.25, -0.2) is 9.59 Å². The first kappa shape index (κ1) is 20.2. The fourth-order valence-electron chi connectivity index (χ4n) is 2.67. The van der Waals surface area contributed by atoms with Gasteiger partial charge in [0.05, 0.1) is 5.56 Å². The molecule has 0 fully saturated rings. The lowest BCUT2D eigenvalue weighted by atomic mass is 10.2. The molecule has 0 aliphatic carbocycles. The highest BCUT2D eigenvalue weighted by Crippen LogP contribution is 2.18. The Morgan fingerprint density at radius 3 is 2.48 bits per heavy atom. The number of urea groups is 1. The van der Waals surface area contributed by atoms with Crippen molar-refractivity contribution in [1.29, 1.82) is 0 Å². The minimum absolute atomic E-state index is 0.409. The lowest BCUT2D eigenvalue weighted by molar-refractivity contribution is -0.123. The minimum Gasteiger partial charge on any atom is -0.452 e. The van der Waals surface area contributed by atoms with Crippen molar-refractivity contribution in [2.75, 3.05) is 13.2 Å². The number of aromatic nitrogens is 1. The van der Waals surface area contributed by atoms with E-state index in [4.69, 9.17) is 4.74 Å². The van der Waals surface area contributed by atoms with Gasteiger partial charge in [0.2, 0.25) is 0 Å². The fraction of sp³-hybridized carbons (Fsp3) is 0.350. The van der Waals surface area contributed by atoms with E-state index in [0.29, 0.717) is 18.7 Å².